The van der Waals surface area contributed by atoms with Crippen LogP contribution in [0, 0.1) is 18.3 Å². The summed E-state index contributed by atoms with van der Waals surface area (Å²) in [6.07, 6.45) is 4.89. The van der Waals surface area contributed by atoms with E-state index in [0.29, 0.717) is 30.6 Å². The van der Waals surface area contributed by atoms with Crippen molar-refractivity contribution < 1.29 is 28.6 Å². The van der Waals surface area contributed by atoms with Crippen LogP contribution in [0.1, 0.15) is 77.4 Å². The Bertz CT molecular complexity index is 934. The molecule has 6 nitrogen and oxygen atoms in total. The minimum atomic E-state index is -1.34. The molecule has 3 rings (SSSR count). The molecule has 1 aromatic heterocycles. The van der Waals surface area contributed by atoms with Crippen LogP contribution in [0.2, 0.25) is 0 Å². The lowest BCUT2D eigenvalue weighted by Crippen LogP contribution is -2.63. The molecule has 0 radical (unpaired) electrons. The van der Waals surface area contributed by atoms with E-state index in [-0.39, 0.29) is 18.0 Å². The van der Waals surface area contributed by atoms with E-state index in [1.807, 2.05) is 34.6 Å². The van der Waals surface area contributed by atoms with E-state index >= 15 is 0 Å². The predicted molar refractivity (Wildman–Crippen MR) is 116 cm³/mol. The molecule has 5 atom stereocenters. The highest BCUT2D eigenvalue weighted by molar-refractivity contribution is 5.87. The van der Waals surface area contributed by atoms with Gasteiger partial charge in [0.1, 0.15) is 11.7 Å². The lowest BCUT2D eigenvalue weighted by atomic mass is 9.51. The number of aryl methyl sites for hydroxylation is 1. The van der Waals surface area contributed by atoms with Gasteiger partial charge in [-0.25, -0.2) is 9.59 Å². The third-order valence-corrected chi connectivity index (χ3v) is 7.37. The molecule has 0 saturated heterocycles. The molecule has 1 aromatic rings. The van der Waals surface area contributed by atoms with E-state index in [4.69, 9.17) is 13.9 Å². The zero-order chi connectivity index (χ0) is 23.1. The van der Waals surface area contributed by atoms with Crippen LogP contribution < -0.4 is 0 Å². The molecular formula is C25H34O6. The largest absolute Gasteiger partial charge is 0.465 e. The van der Waals surface area contributed by atoms with Crippen LogP contribution >= 0.6 is 0 Å². The number of carbonyl (C=O) groups excluding carboxylic acids is 2. The van der Waals surface area contributed by atoms with Gasteiger partial charge in [0.15, 0.2) is 11.9 Å². The Morgan fingerprint density at radius 2 is 1.94 bits per heavy atom. The average Bonchev–Trinajstić information content (AvgIpc) is 3.05. The second-order valence-corrected chi connectivity index (χ2v) is 9.56. The van der Waals surface area contributed by atoms with Gasteiger partial charge in [-0.2, -0.15) is 0 Å². The van der Waals surface area contributed by atoms with Gasteiger partial charge in [0.05, 0.1) is 6.26 Å². The first-order valence-corrected chi connectivity index (χ1v) is 10.9. The van der Waals surface area contributed by atoms with E-state index in [0.717, 1.165) is 16.7 Å². The average molecular weight is 431 g/mol. The number of carbonyl (C=O) groups is 2. The minimum Gasteiger partial charge on any atom is -0.465 e. The number of hydrogen-bond acceptors (Lipinski definition) is 6. The van der Waals surface area contributed by atoms with Crippen LogP contribution in [0.3, 0.4) is 0 Å². The number of esters is 2. The summed E-state index contributed by atoms with van der Waals surface area (Å²) in [5, 5.41) is 12.0. The summed E-state index contributed by atoms with van der Waals surface area (Å²) in [5.74, 6) is -0.490. The second-order valence-electron chi connectivity index (χ2n) is 9.56. The molecule has 1 saturated carbocycles. The Morgan fingerprint density at radius 1 is 1.26 bits per heavy atom. The highest BCUT2D eigenvalue weighted by Crippen LogP contribution is 2.60. The summed E-state index contributed by atoms with van der Waals surface area (Å²) in [4.78, 5) is 24.9. The number of fused-ring (bicyclic) bond motifs is 2. The number of aliphatic hydroxyl groups is 1. The van der Waals surface area contributed by atoms with Crippen LogP contribution in [0.5, 0.6) is 0 Å². The van der Waals surface area contributed by atoms with Gasteiger partial charge in [0.2, 0.25) is 0 Å². The molecule has 0 aliphatic heterocycles. The van der Waals surface area contributed by atoms with Crippen LogP contribution in [0.15, 0.2) is 34.0 Å². The summed E-state index contributed by atoms with van der Waals surface area (Å²) in [6, 6.07) is 0. The third kappa shape index (κ3) is 3.86. The molecule has 31 heavy (non-hydrogen) atoms. The fourth-order valence-corrected chi connectivity index (χ4v) is 5.01. The highest BCUT2D eigenvalue weighted by atomic mass is 16.6. The molecule has 0 aromatic carbocycles. The van der Waals surface area contributed by atoms with Crippen molar-refractivity contribution in [2.24, 2.45) is 11.3 Å². The van der Waals surface area contributed by atoms with E-state index in [9.17, 15) is 14.7 Å². The number of allylic oxidation sites excluding steroid dienone is 2. The third-order valence-electron chi connectivity index (χ3n) is 7.37. The molecule has 1 N–H and O–H groups in total. The Morgan fingerprint density at radius 3 is 2.55 bits per heavy atom. The van der Waals surface area contributed by atoms with Crippen molar-refractivity contribution in [3.63, 3.8) is 0 Å². The Balaban J connectivity index is 2.01. The topological polar surface area (TPSA) is 86.0 Å². The lowest BCUT2D eigenvalue weighted by Gasteiger charge is -2.58. The molecular weight excluding hydrogens is 396 g/mol. The summed E-state index contributed by atoms with van der Waals surface area (Å²) in [6.45, 7) is 13.1. The van der Waals surface area contributed by atoms with Gasteiger partial charge in [0, 0.05) is 28.5 Å². The van der Waals surface area contributed by atoms with Gasteiger partial charge in [0.25, 0.3) is 0 Å². The van der Waals surface area contributed by atoms with Gasteiger partial charge in [-0.3, -0.25) is 0 Å². The number of hydrogen-bond donors (Lipinski definition) is 1. The van der Waals surface area contributed by atoms with Crippen LogP contribution in [0.4, 0.5) is 0 Å². The van der Waals surface area contributed by atoms with Crippen molar-refractivity contribution in [2.45, 2.75) is 85.5 Å². The van der Waals surface area contributed by atoms with E-state index in [1.54, 1.807) is 26.2 Å². The zero-order valence-electron chi connectivity index (χ0n) is 19.6. The molecule has 1 heterocycles. The monoisotopic (exact) mass is 430 g/mol. The summed E-state index contributed by atoms with van der Waals surface area (Å²) in [7, 11) is 0. The van der Waals surface area contributed by atoms with Crippen molar-refractivity contribution in [3.8, 4) is 0 Å². The first kappa shape index (κ1) is 23.3. The molecule has 0 bridgehead atoms. The van der Waals surface area contributed by atoms with E-state index in [1.165, 1.54) is 6.08 Å². The second kappa shape index (κ2) is 8.30. The summed E-state index contributed by atoms with van der Waals surface area (Å²) >= 11 is 0. The van der Waals surface area contributed by atoms with Gasteiger partial charge >= 0.3 is 11.9 Å². The van der Waals surface area contributed by atoms with Crippen molar-refractivity contribution >= 4 is 11.9 Å². The van der Waals surface area contributed by atoms with Gasteiger partial charge in [-0.05, 0) is 59.4 Å². The quantitative estimate of drug-likeness (QED) is 0.548. The Labute approximate surface area is 184 Å². The maximum absolute atomic E-state index is 12.5. The van der Waals surface area contributed by atoms with Gasteiger partial charge in [-0.15, -0.1) is 0 Å². The molecule has 170 valence electrons. The van der Waals surface area contributed by atoms with Crippen molar-refractivity contribution in [2.75, 3.05) is 0 Å². The first-order valence-electron chi connectivity index (χ1n) is 10.9. The molecule has 1 fully saturated rings. The fraction of sp³-hybridized carbons (Fsp3) is 0.600. The Kier molecular flexibility index (Phi) is 6.25. The van der Waals surface area contributed by atoms with Gasteiger partial charge < -0.3 is 19.0 Å². The van der Waals surface area contributed by atoms with Gasteiger partial charge in [-0.1, -0.05) is 25.5 Å². The number of furan rings is 1. The number of ether oxygens (including phenoxy) is 2. The SMILES string of the molecule is CC=C(C)C(=O)O[C@H]1CC[C@]2(O)[C@@H](OC(=O)C=C(C)C)c3occ(C)c3C[C@]2(C)[C@H]1C. The molecule has 6 heteroatoms. The van der Waals surface area contributed by atoms with E-state index in [2.05, 4.69) is 0 Å². The summed E-state index contributed by atoms with van der Waals surface area (Å²) < 4.78 is 17.4. The predicted octanol–water partition coefficient (Wildman–Crippen LogP) is 4.74. The zero-order valence-corrected chi connectivity index (χ0v) is 19.6. The Hall–Kier alpha value is -2.34. The minimum absolute atomic E-state index is 0.160. The highest BCUT2D eigenvalue weighted by Gasteiger charge is 2.65. The smallest absolute Gasteiger partial charge is 0.333 e. The summed E-state index contributed by atoms with van der Waals surface area (Å²) in [5.41, 5.74) is 1.26. The van der Waals surface area contributed by atoms with Crippen molar-refractivity contribution in [3.05, 3.63) is 46.4 Å². The molecule has 2 aliphatic carbocycles. The molecule has 0 amide bonds. The van der Waals surface area contributed by atoms with E-state index < -0.39 is 23.1 Å². The van der Waals surface area contributed by atoms with Crippen LogP contribution in [0.25, 0.3) is 0 Å². The number of rotatable bonds is 4. The first-order chi connectivity index (χ1) is 14.4. The molecule has 0 unspecified atom stereocenters. The van der Waals surface area contributed by atoms with Crippen LogP contribution in [-0.4, -0.2) is 28.8 Å². The van der Waals surface area contributed by atoms with Crippen LogP contribution in [-0.2, 0) is 25.5 Å². The van der Waals surface area contributed by atoms with Crippen molar-refractivity contribution in [1.82, 2.24) is 0 Å². The molecule has 2 aliphatic rings. The standard InChI is InChI=1S/C25H34O6/c1-8-15(4)23(27)30-19-9-10-25(28)22(31-20(26)11-14(2)3)21-18(16(5)13-29-21)12-24(25,7)17(19)6/h8,11,13,17,19,22,28H,9-10,12H2,1-7H3/t17-,19-,22-,24+,25-/m0/s1. The normalized spacial score (nSPS) is 32.5. The maximum atomic E-state index is 12.5. The van der Waals surface area contributed by atoms with Crippen molar-refractivity contribution in [1.29, 1.82) is 0 Å². The maximum Gasteiger partial charge on any atom is 0.333 e. The lowest BCUT2D eigenvalue weighted by molar-refractivity contribution is -0.239. The fourth-order valence-electron chi connectivity index (χ4n) is 5.01. The molecule has 0 spiro atoms.